The minimum atomic E-state index is -0.244. The summed E-state index contributed by atoms with van der Waals surface area (Å²) in [5.74, 6) is 0. The Hall–Kier alpha value is -1.61. The molecule has 0 aliphatic rings. The first kappa shape index (κ1) is 8.97. The Morgan fingerprint density at radius 3 is 2.86 bits per heavy atom. The van der Waals surface area contributed by atoms with E-state index in [4.69, 9.17) is 0 Å². The Bertz CT molecular complexity index is 447. The number of aromatic nitrogens is 1. The van der Waals surface area contributed by atoms with Crippen molar-refractivity contribution in [2.75, 3.05) is 7.05 Å². The molecule has 0 amide bonds. The van der Waals surface area contributed by atoms with Gasteiger partial charge >= 0.3 is 0 Å². The summed E-state index contributed by atoms with van der Waals surface area (Å²) in [6, 6.07) is 9.66. The highest BCUT2D eigenvalue weighted by Gasteiger charge is 2.09. The Labute approximate surface area is 82.4 Å². The van der Waals surface area contributed by atoms with Crippen molar-refractivity contribution in [1.29, 1.82) is 0 Å². The second kappa shape index (κ2) is 3.64. The first-order valence-electron chi connectivity index (χ1n) is 4.55. The number of likely N-dealkylation sites (N-methyl/N-ethyl adjacent to an activating group) is 1. The molecule has 2 heterocycles. The number of pyridine rings is 1. The molecule has 14 heavy (non-hydrogen) atoms. The van der Waals surface area contributed by atoms with Crippen molar-refractivity contribution in [2.24, 2.45) is 0 Å². The van der Waals surface area contributed by atoms with Gasteiger partial charge in [0.2, 0.25) is 0 Å². The molecular formula is C11H12N2O. The van der Waals surface area contributed by atoms with Gasteiger partial charge in [0.05, 0.1) is 0 Å². The fourth-order valence-corrected chi connectivity index (χ4v) is 1.63. The lowest BCUT2D eigenvalue weighted by Crippen LogP contribution is -2.19. The van der Waals surface area contributed by atoms with E-state index >= 15 is 0 Å². The summed E-state index contributed by atoms with van der Waals surface area (Å²) in [4.78, 5) is 10.8. The molecule has 0 fully saturated rings. The van der Waals surface area contributed by atoms with Crippen LogP contribution in [0.1, 0.15) is 11.7 Å². The van der Waals surface area contributed by atoms with Gasteiger partial charge in [-0.15, -0.1) is 0 Å². The molecule has 3 nitrogen and oxygen atoms in total. The van der Waals surface area contributed by atoms with Gasteiger partial charge in [-0.2, -0.15) is 0 Å². The number of rotatable bonds is 3. The lowest BCUT2D eigenvalue weighted by Gasteiger charge is -2.11. The SMILES string of the molecule is CN[C@H](C=O)c1cccc2cccn12. The Morgan fingerprint density at radius 2 is 2.14 bits per heavy atom. The van der Waals surface area contributed by atoms with Crippen LogP contribution in [-0.2, 0) is 4.79 Å². The maximum atomic E-state index is 10.8. The molecule has 1 atom stereocenters. The molecule has 0 saturated carbocycles. The molecule has 0 saturated heterocycles. The van der Waals surface area contributed by atoms with Crippen molar-refractivity contribution < 1.29 is 4.79 Å². The minimum absolute atomic E-state index is 0.244. The fourth-order valence-electron chi connectivity index (χ4n) is 1.63. The van der Waals surface area contributed by atoms with E-state index < -0.39 is 0 Å². The summed E-state index contributed by atoms with van der Waals surface area (Å²) >= 11 is 0. The van der Waals surface area contributed by atoms with Crippen LogP contribution in [0, 0.1) is 0 Å². The van der Waals surface area contributed by atoms with Gasteiger partial charge in [0.25, 0.3) is 0 Å². The van der Waals surface area contributed by atoms with Crippen molar-refractivity contribution in [3.8, 4) is 0 Å². The van der Waals surface area contributed by atoms with Crippen LogP contribution in [0.4, 0.5) is 0 Å². The molecule has 1 N–H and O–H groups in total. The maximum Gasteiger partial charge on any atom is 0.142 e. The van der Waals surface area contributed by atoms with Crippen LogP contribution in [0.5, 0.6) is 0 Å². The number of fused-ring (bicyclic) bond motifs is 1. The normalized spacial score (nSPS) is 12.9. The molecule has 0 radical (unpaired) electrons. The molecular weight excluding hydrogens is 176 g/mol. The third-order valence-corrected chi connectivity index (χ3v) is 2.36. The van der Waals surface area contributed by atoms with E-state index in [1.807, 2.05) is 40.9 Å². The van der Waals surface area contributed by atoms with Crippen molar-refractivity contribution in [1.82, 2.24) is 9.72 Å². The summed E-state index contributed by atoms with van der Waals surface area (Å²) < 4.78 is 2.01. The number of hydrogen-bond donors (Lipinski definition) is 1. The monoisotopic (exact) mass is 188 g/mol. The molecule has 0 spiro atoms. The Morgan fingerprint density at radius 1 is 1.36 bits per heavy atom. The molecule has 2 aromatic rings. The molecule has 0 aliphatic heterocycles. The standard InChI is InChI=1S/C11H12N2O/c1-12-10(8-14)11-6-2-4-9-5-3-7-13(9)11/h2-8,10,12H,1H3/t10-/m1/s1. The fraction of sp³-hybridized carbons (Fsp3) is 0.182. The van der Waals surface area contributed by atoms with Crippen molar-refractivity contribution in [3.63, 3.8) is 0 Å². The topological polar surface area (TPSA) is 33.5 Å². The van der Waals surface area contributed by atoms with Gasteiger partial charge in [-0.25, -0.2) is 0 Å². The zero-order valence-corrected chi connectivity index (χ0v) is 7.97. The second-order valence-electron chi connectivity index (χ2n) is 3.16. The van der Waals surface area contributed by atoms with Crippen molar-refractivity contribution in [2.45, 2.75) is 6.04 Å². The number of carbonyl (C=O) groups is 1. The molecule has 2 aromatic heterocycles. The van der Waals surface area contributed by atoms with E-state index in [1.54, 1.807) is 7.05 Å². The predicted octanol–water partition coefficient (Wildman–Crippen LogP) is 1.40. The molecule has 0 unspecified atom stereocenters. The van der Waals surface area contributed by atoms with Gasteiger partial charge < -0.3 is 14.5 Å². The van der Waals surface area contributed by atoms with Gasteiger partial charge in [0, 0.05) is 17.4 Å². The minimum Gasteiger partial charge on any atom is -0.319 e. The first-order valence-corrected chi connectivity index (χ1v) is 4.55. The summed E-state index contributed by atoms with van der Waals surface area (Å²) in [5.41, 5.74) is 2.06. The van der Waals surface area contributed by atoms with Crippen LogP contribution in [0.15, 0.2) is 36.5 Å². The highest BCUT2D eigenvalue weighted by atomic mass is 16.1. The van der Waals surface area contributed by atoms with E-state index in [2.05, 4.69) is 5.32 Å². The number of nitrogens with one attached hydrogen (secondary N) is 1. The van der Waals surface area contributed by atoms with Gasteiger partial charge in [-0.05, 0) is 31.3 Å². The van der Waals surface area contributed by atoms with Crippen LogP contribution in [0.25, 0.3) is 5.52 Å². The second-order valence-corrected chi connectivity index (χ2v) is 3.16. The molecule has 0 bridgehead atoms. The maximum absolute atomic E-state index is 10.8. The van der Waals surface area contributed by atoms with Crippen molar-refractivity contribution in [3.05, 3.63) is 42.2 Å². The number of aldehydes is 1. The average Bonchev–Trinajstić information content (AvgIpc) is 2.68. The van der Waals surface area contributed by atoms with Gasteiger partial charge in [-0.3, -0.25) is 0 Å². The molecule has 0 aliphatic carbocycles. The van der Waals surface area contributed by atoms with E-state index in [0.717, 1.165) is 17.5 Å². The summed E-state index contributed by atoms with van der Waals surface area (Å²) in [5, 5.41) is 2.96. The molecule has 3 heteroatoms. The molecule has 0 aromatic carbocycles. The Balaban J connectivity index is 2.60. The molecule has 72 valence electrons. The Kier molecular flexibility index (Phi) is 2.33. The quantitative estimate of drug-likeness (QED) is 0.739. The average molecular weight is 188 g/mol. The van der Waals surface area contributed by atoms with Crippen molar-refractivity contribution >= 4 is 11.8 Å². The lowest BCUT2D eigenvalue weighted by atomic mass is 10.2. The smallest absolute Gasteiger partial charge is 0.142 e. The summed E-state index contributed by atoms with van der Waals surface area (Å²) in [7, 11) is 1.78. The zero-order chi connectivity index (χ0) is 9.97. The number of hydrogen-bond acceptors (Lipinski definition) is 2. The summed E-state index contributed by atoms with van der Waals surface area (Å²) in [6.07, 6.45) is 2.87. The highest BCUT2D eigenvalue weighted by Crippen LogP contribution is 2.14. The van der Waals surface area contributed by atoms with E-state index in [1.165, 1.54) is 0 Å². The van der Waals surface area contributed by atoms with Crippen LogP contribution in [0.2, 0.25) is 0 Å². The van der Waals surface area contributed by atoms with E-state index in [0.29, 0.717) is 0 Å². The van der Waals surface area contributed by atoms with Gasteiger partial charge in [0.1, 0.15) is 12.3 Å². The van der Waals surface area contributed by atoms with E-state index in [9.17, 15) is 4.79 Å². The van der Waals surface area contributed by atoms with Gasteiger partial charge in [0.15, 0.2) is 0 Å². The first-order chi connectivity index (χ1) is 6.86. The van der Waals surface area contributed by atoms with Crippen LogP contribution in [0.3, 0.4) is 0 Å². The van der Waals surface area contributed by atoms with Crippen LogP contribution in [-0.4, -0.2) is 17.7 Å². The van der Waals surface area contributed by atoms with Crippen LogP contribution < -0.4 is 5.32 Å². The highest BCUT2D eigenvalue weighted by molar-refractivity contribution is 5.62. The number of carbonyl (C=O) groups excluding carboxylic acids is 1. The third-order valence-electron chi connectivity index (χ3n) is 2.36. The molecule has 2 rings (SSSR count). The van der Waals surface area contributed by atoms with Gasteiger partial charge in [-0.1, -0.05) is 6.07 Å². The summed E-state index contributed by atoms with van der Waals surface area (Å²) in [6.45, 7) is 0. The number of nitrogens with zero attached hydrogens (tertiary/aromatic N) is 1. The zero-order valence-electron chi connectivity index (χ0n) is 7.97. The lowest BCUT2D eigenvalue weighted by molar-refractivity contribution is -0.109. The third kappa shape index (κ3) is 1.32. The predicted molar refractivity (Wildman–Crippen MR) is 55.3 cm³/mol. The largest absolute Gasteiger partial charge is 0.319 e. The van der Waals surface area contributed by atoms with Crippen LogP contribution >= 0.6 is 0 Å². The van der Waals surface area contributed by atoms with E-state index in [-0.39, 0.29) is 6.04 Å².